The quantitative estimate of drug-likeness (QED) is 0.368. The maximum atomic E-state index is 12.0. The van der Waals surface area contributed by atoms with Crippen molar-refractivity contribution in [1.82, 2.24) is 5.43 Å². The largest absolute Gasteiger partial charge is 0.497 e. The van der Waals surface area contributed by atoms with Gasteiger partial charge >= 0.3 is 0 Å². The second-order valence-electron chi connectivity index (χ2n) is 6.93. The topological polar surface area (TPSA) is 69.2 Å². The van der Waals surface area contributed by atoms with Gasteiger partial charge in [0, 0.05) is 0 Å². The summed E-state index contributed by atoms with van der Waals surface area (Å²) >= 11 is 0. The number of amides is 1. The Morgan fingerprint density at radius 2 is 1.62 bits per heavy atom. The van der Waals surface area contributed by atoms with Crippen LogP contribution in [-0.2, 0) is 11.4 Å². The average molecular weight is 431 g/mol. The molecule has 0 aromatic heterocycles. The fourth-order valence-corrected chi connectivity index (χ4v) is 2.70. The van der Waals surface area contributed by atoms with Crippen molar-refractivity contribution in [3.63, 3.8) is 0 Å². The summed E-state index contributed by atoms with van der Waals surface area (Å²) in [7, 11) is 1.63. The van der Waals surface area contributed by atoms with Crippen LogP contribution in [0.3, 0.4) is 0 Å². The van der Waals surface area contributed by atoms with E-state index in [1.807, 2.05) is 78.9 Å². The van der Waals surface area contributed by atoms with Crippen LogP contribution in [-0.4, -0.2) is 25.3 Å². The minimum Gasteiger partial charge on any atom is -0.497 e. The van der Waals surface area contributed by atoms with Gasteiger partial charge in [0.2, 0.25) is 0 Å². The number of hydrogen-bond acceptors (Lipinski definition) is 5. The predicted molar refractivity (Wildman–Crippen MR) is 126 cm³/mol. The Bertz CT molecular complexity index is 1060. The van der Waals surface area contributed by atoms with E-state index in [-0.39, 0.29) is 12.5 Å². The van der Waals surface area contributed by atoms with E-state index in [2.05, 4.69) is 10.5 Å². The van der Waals surface area contributed by atoms with Crippen molar-refractivity contribution < 1.29 is 19.0 Å². The molecule has 6 heteroatoms. The highest BCUT2D eigenvalue weighted by Gasteiger charge is 2.03. The summed E-state index contributed by atoms with van der Waals surface area (Å²) in [6.07, 6.45) is 3.70. The number of carbonyl (C=O) groups is 1. The van der Waals surface area contributed by atoms with Gasteiger partial charge < -0.3 is 14.2 Å². The Balaban J connectivity index is 1.41. The van der Waals surface area contributed by atoms with E-state index in [4.69, 9.17) is 14.2 Å². The van der Waals surface area contributed by atoms with Crippen LogP contribution in [0.15, 0.2) is 90.0 Å². The molecule has 32 heavy (non-hydrogen) atoms. The molecule has 3 rings (SSSR count). The van der Waals surface area contributed by atoms with Crippen LogP contribution in [0.4, 0.5) is 0 Å². The first-order valence-electron chi connectivity index (χ1n) is 10.2. The second kappa shape index (κ2) is 12.0. The molecule has 0 unspecified atom stereocenters. The number of allylic oxidation sites excluding steroid dienone is 1. The van der Waals surface area contributed by atoms with Gasteiger partial charge in [0.15, 0.2) is 6.61 Å². The van der Waals surface area contributed by atoms with Gasteiger partial charge in [-0.15, -0.1) is 0 Å². The monoisotopic (exact) mass is 430 g/mol. The normalized spacial score (nSPS) is 11.2. The third-order valence-corrected chi connectivity index (χ3v) is 4.41. The SMILES string of the molecule is COc1cccc(/C=C/C(C)=N/NC(=O)COc2ccc(OCc3ccccc3)cc2)c1. The Morgan fingerprint density at radius 1 is 0.906 bits per heavy atom. The van der Waals surface area contributed by atoms with E-state index < -0.39 is 0 Å². The van der Waals surface area contributed by atoms with Gasteiger partial charge in [0.05, 0.1) is 12.8 Å². The molecular weight excluding hydrogens is 404 g/mol. The molecule has 0 bridgehead atoms. The second-order valence-corrected chi connectivity index (χ2v) is 6.93. The fraction of sp³-hybridized carbons (Fsp3) is 0.154. The molecule has 0 heterocycles. The van der Waals surface area contributed by atoms with Crippen LogP contribution >= 0.6 is 0 Å². The van der Waals surface area contributed by atoms with Crippen LogP contribution in [0.25, 0.3) is 6.08 Å². The Morgan fingerprint density at radius 3 is 2.34 bits per heavy atom. The zero-order chi connectivity index (χ0) is 22.6. The van der Waals surface area contributed by atoms with Crippen molar-refractivity contribution >= 4 is 17.7 Å². The highest BCUT2D eigenvalue weighted by Crippen LogP contribution is 2.18. The van der Waals surface area contributed by atoms with Crippen LogP contribution in [0.1, 0.15) is 18.1 Å². The van der Waals surface area contributed by atoms with E-state index in [0.717, 1.165) is 22.6 Å². The molecule has 6 nitrogen and oxygen atoms in total. The number of nitrogens with one attached hydrogen (secondary N) is 1. The number of benzene rings is 3. The molecule has 1 amide bonds. The van der Waals surface area contributed by atoms with Gasteiger partial charge in [-0.1, -0.05) is 48.5 Å². The van der Waals surface area contributed by atoms with Crippen molar-refractivity contribution in [2.24, 2.45) is 5.10 Å². The summed E-state index contributed by atoms with van der Waals surface area (Å²) in [5.41, 5.74) is 5.21. The molecule has 0 aliphatic heterocycles. The lowest BCUT2D eigenvalue weighted by molar-refractivity contribution is -0.123. The highest BCUT2D eigenvalue weighted by atomic mass is 16.5. The Kier molecular flexibility index (Phi) is 8.45. The van der Waals surface area contributed by atoms with Crippen molar-refractivity contribution in [2.75, 3.05) is 13.7 Å². The van der Waals surface area contributed by atoms with Gasteiger partial charge in [-0.05, 0) is 60.5 Å². The molecule has 0 aliphatic carbocycles. The van der Waals surface area contributed by atoms with Gasteiger partial charge in [-0.2, -0.15) is 5.10 Å². The maximum absolute atomic E-state index is 12.0. The molecule has 0 saturated carbocycles. The molecule has 3 aromatic rings. The number of nitrogens with zero attached hydrogens (tertiary/aromatic N) is 1. The lowest BCUT2D eigenvalue weighted by Crippen LogP contribution is -2.25. The first-order valence-corrected chi connectivity index (χ1v) is 10.2. The van der Waals surface area contributed by atoms with Crippen molar-refractivity contribution in [3.05, 3.63) is 96.1 Å². The first kappa shape index (κ1) is 22.6. The van der Waals surface area contributed by atoms with Crippen LogP contribution < -0.4 is 19.6 Å². The van der Waals surface area contributed by atoms with Crippen LogP contribution in [0.2, 0.25) is 0 Å². The minimum absolute atomic E-state index is 0.138. The van der Waals surface area contributed by atoms with Crippen molar-refractivity contribution in [3.8, 4) is 17.2 Å². The summed E-state index contributed by atoms with van der Waals surface area (Å²) in [6, 6.07) is 24.7. The summed E-state index contributed by atoms with van der Waals surface area (Å²) in [4.78, 5) is 12.0. The number of hydrazone groups is 1. The number of carbonyl (C=O) groups excluding carboxylic acids is 1. The maximum Gasteiger partial charge on any atom is 0.277 e. The molecule has 1 N–H and O–H groups in total. The lowest BCUT2D eigenvalue weighted by atomic mass is 10.2. The standard InChI is InChI=1S/C26H26N2O4/c1-20(11-12-21-9-6-10-25(17-21)30-2)27-28-26(29)19-32-24-15-13-23(14-16-24)31-18-22-7-4-3-5-8-22/h3-17H,18-19H2,1-2H3,(H,28,29)/b12-11+,27-20+. The van der Waals surface area contributed by atoms with Crippen molar-refractivity contribution in [2.45, 2.75) is 13.5 Å². The number of hydrogen-bond donors (Lipinski definition) is 1. The highest BCUT2D eigenvalue weighted by molar-refractivity contribution is 5.97. The van der Waals surface area contributed by atoms with Crippen molar-refractivity contribution in [1.29, 1.82) is 0 Å². The zero-order valence-corrected chi connectivity index (χ0v) is 18.2. The van der Waals surface area contributed by atoms with Gasteiger partial charge in [-0.3, -0.25) is 4.79 Å². The summed E-state index contributed by atoms with van der Waals surface area (Å²) < 4.78 is 16.4. The van der Waals surface area contributed by atoms with E-state index in [9.17, 15) is 4.79 Å². The van der Waals surface area contributed by atoms with Crippen LogP contribution in [0, 0.1) is 0 Å². The molecule has 0 spiro atoms. The molecule has 0 aliphatic rings. The third-order valence-electron chi connectivity index (χ3n) is 4.41. The van der Waals surface area contributed by atoms with E-state index in [1.165, 1.54) is 0 Å². The summed E-state index contributed by atoms with van der Waals surface area (Å²) in [6.45, 7) is 2.15. The third kappa shape index (κ3) is 7.65. The summed E-state index contributed by atoms with van der Waals surface area (Å²) in [5, 5.41) is 4.06. The molecular formula is C26H26N2O4. The van der Waals surface area contributed by atoms with Gasteiger partial charge in [0.1, 0.15) is 23.9 Å². The predicted octanol–water partition coefficient (Wildman–Crippen LogP) is 4.86. The molecule has 0 radical (unpaired) electrons. The minimum atomic E-state index is -0.344. The fourth-order valence-electron chi connectivity index (χ4n) is 2.70. The Hall–Kier alpha value is -4.06. The molecule has 164 valence electrons. The number of methoxy groups -OCH3 is 1. The summed E-state index contributed by atoms with van der Waals surface area (Å²) in [5.74, 6) is 1.74. The molecule has 0 atom stereocenters. The smallest absolute Gasteiger partial charge is 0.277 e. The number of rotatable bonds is 10. The van der Waals surface area contributed by atoms with Gasteiger partial charge in [0.25, 0.3) is 5.91 Å². The molecule has 3 aromatic carbocycles. The molecule has 0 saturated heterocycles. The van der Waals surface area contributed by atoms with E-state index >= 15 is 0 Å². The zero-order valence-electron chi connectivity index (χ0n) is 18.2. The number of ether oxygens (including phenoxy) is 3. The van der Waals surface area contributed by atoms with E-state index in [1.54, 1.807) is 26.2 Å². The van der Waals surface area contributed by atoms with Gasteiger partial charge in [-0.25, -0.2) is 5.43 Å². The lowest BCUT2D eigenvalue weighted by Gasteiger charge is -2.08. The molecule has 0 fully saturated rings. The van der Waals surface area contributed by atoms with E-state index in [0.29, 0.717) is 18.1 Å². The Labute approximate surface area is 188 Å². The van der Waals surface area contributed by atoms with Crippen LogP contribution in [0.5, 0.6) is 17.2 Å². The average Bonchev–Trinajstić information content (AvgIpc) is 2.85. The first-order chi connectivity index (χ1) is 15.6.